The number of aliphatic hydroxyl groups excluding tert-OH is 1. The molecule has 3 atom stereocenters. The molecule has 128 valence electrons. The van der Waals surface area contributed by atoms with Gasteiger partial charge in [-0.05, 0) is 30.9 Å². The first kappa shape index (κ1) is 18.7. The van der Waals surface area contributed by atoms with Crippen molar-refractivity contribution in [2.24, 2.45) is 5.92 Å². The summed E-state index contributed by atoms with van der Waals surface area (Å²) in [5, 5.41) is 12.5. The molecule has 2 aromatic carbocycles. The molecule has 0 saturated heterocycles. The van der Waals surface area contributed by atoms with Crippen molar-refractivity contribution >= 4 is 5.78 Å². The summed E-state index contributed by atoms with van der Waals surface area (Å²) in [6.45, 7) is 2.75. The third-order valence-electron chi connectivity index (χ3n) is 4.85. The molecule has 1 aliphatic carbocycles. The van der Waals surface area contributed by atoms with Gasteiger partial charge in [-0.15, -0.1) is 0 Å². The summed E-state index contributed by atoms with van der Waals surface area (Å²) in [4.78, 5) is 12.6. The van der Waals surface area contributed by atoms with Crippen LogP contribution in [0.4, 0.5) is 0 Å². The van der Waals surface area contributed by atoms with E-state index in [9.17, 15) is 9.90 Å². The second-order valence-electron chi connectivity index (χ2n) is 6.44. The number of ketones is 1. The van der Waals surface area contributed by atoms with Gasteiger partial charge in [-0.25, -0.2) is 0 Å². The van der Waals surface area contributed by atoms with Crippen LogP contribution in [0.25, 0.3) is 0 Å². The molecule has 3 rings (SSSR count). The molecule has 0 saturated carbocycles. The summed E-state index contributed by atoms with van der Waals surface area (Å²) in [6.07, 6.45) is 1.36. The summed E-state index contributed by atoms with van der Waals surface area (Å²) in [5.74, 6) is 0.305. The molecule has 0 aliphatic heterocycles. The van der Waals surface area contributed by atoms with E-state index in [1.165, 1.54) is 5.56 Å². The lowest BCUT2D eigenvalue weighted by atomic mass is 9.82. The minimum atomic E-state index is -0.512. The van der Waals surface area contributed by atoms with E-state index in [1.54, 1.807) is 0 Å². The van der Waals surface area contributed by atoms with E-state index in [2.05, 4.69) is 11.4 Å². The van der Waals surface area contributed by atoms with E-state index in [0.29, 0.717) is 0 Å². The van der Waals surface area contributed by atoms with Gasteiger partial charge in [0.15, 0.2) is 5.78 Å². The van der Waals surface area contributed by atoms with Crippen LogP contribution in [0.1, 0.15) is 40.9 Å². The SMILES string of the molecule is CC([NH2+]CC1CCc2ccccc2C1=O)C(O)c1ccccc1.[Cl-]. The standard InChI is InChI=1S/C20H23NO2.ClH/c1-14(19(22)16-8-3-2-4-9-16)21-13-17-12-11-15-7-5-6-10-18(15)20(17)23;/h2-10,14,17,19,21-22H,11-13H2,1H3;1H. The molecular weight excluding hydrogens is 322 g/mol. The fourth-order valence-electron chi connectivity index (χ4n) is 3.35. The molecule has 3 unspecified atom stereocenters. The number of carbonyl (C=O) groups excluding carboxylic acids is 1. The molecule has 4 heteroatoms. The third kappa shape index (κ3) is 4.04. The van der Waals surface area contributed by atoms with Gasteiger partial charge in [-0.2, -0.15) is 0 Å². The Morgan fingerprint density at radius 2 is 1.79 bits per heavy atom. The fourth-order valence-corrected chi connectivity index (χ4v) is 3.35. The van der Waals surface area contributed by atoms with Gasteiger partial charge in [0.2, 0.25) is 0 Å². The number of carbonyl (C=O) groups is 1. The summed E-state index contributed by atoms with van der Waals surface area (Å²) in [6, 6.07) is 17.7. The van der Waals surface area contributed by atoms with Crippen molar-refractivity contribution in [3.05, 3.63) is 71.3 Å². The minimum Gasteiger partial charge on any atom is -1.00 e. The van der Waals surface area contributed by atoms with Crippen LogP contribution in [-0.2, 0) is 6.42 Å². The first-order valence-electron chi connectivity index (χ1n) is 8.35. The maximum absolute atomic E-state index is 12.6. The summed E-state index contributed by atoms with van der Waals surface area (Å²) in [7, 11) is 0. The Kier molecular flexibility index (Phi) is 6.55. The highest BCUT2D eigenvalue weighted by atomic mass is 35.5. The van der Waals surface area contributed by atoms with Gasteiger partial charge in [0.1, 0.15) is 12.1 Å². The molecule has 0 fully saturated rings. The lowest BCUT2D eigenvalue weighted by molar-refractivity contribution is -0.697. The van der Waals surface area contributed by atoms with Crippen LogP contribution in [0.15, 0.2) is 54.6 Å². The van der Waals surface area contributed by atoms with Crippen molar-refractivity contribution in [1.82, 2.24) is 0 Å². The molecule has 3 N–H and O–H groups in total. The topological polar surface area (TPSA) is 53.9 Å². The van der Waals surface area contributed by atoms with Gasteiger partial charge in [0, 0.05) is 5.56 Å². The number of nitrogens with two attached hydrogens (primary N) is 1. The van der Waals surface area contributed by atoms with Crippen molar-refractivity contribution in [2.45, 2.75) is 31.9 Å². The van der Waals surface area contributed by atoms with Crippen LogP contribution >= 0.6 is 0 Å². The Morgan fingerprint density at radius 3 is 2.54 bits per heavy atom. The monoisotopic (exact) mass is 345 g/mol. The van der Waals surface area contributed by atoms with Crippen LogP contribution in [0.3, 0.4) is 0 Å². The Labute approximate surface area is 149 Å². The van der Waals surface area contributed by atoms with Crippen molar-refractivity contribution in [3.63, 3.8) is 0 Å². The average molecular weight is 346 g/mol. The van der Waals surface area contributed by atoms with E-state index in [1.807, 2.05) is 55.5 Å². The molecule has 24 heavy (non-hydrogen) atoms. The molecule has 0 spiro atoms. The molecule has 0 radical (unpaired) electrons. The molecule has 0 bridgehead atoms. The summed E-state index contributed by atoms with van der Waals surface area (Å²) >= 11 is 0. The van der Waals surface area contributed by atoms with Gasteiger partial charge >= 0.3 is 0 Å². The Balaban J connectivity index is 0.00000208. The first-order valence-corrected chi connectivity index (χ1v) is 8.35. The zero-order chi connectivity index (χ0) is 16.2. The molecule has 1 aliphatic rings. The number of aryl methyl sites for hydroxylation is 1. The largest absolute Gasteiger partial charge is 1.00 e. The lowest BCUT2D eigenvalue weighted by Gasteiger charge is -2.24. The number of hydrogen-bond acceptors (Lipinski definition) is 2. The number of Topliss-reactive ketones (excluding diaryl/α,β-unsaturated/α-hetero) is 1. The highest BCUT2D eigenvalue weighted by molar-refractivity contribution is 6.00. The smallest absolute Gasteiger partial charge is 0.171 e. The van der Waals surface area contributed by atoms with Crippen molar-refractivity contribution in [2.75, 3.05) is 6.54 Å². The Hall–Kier alpha value is -1.68. The highest BCUT2D eigenvalue weighted by Gasteiger charge is 2.29. The fraction of sp³-hybridized carbons (Fsp3) is 0.350. The van der Waals surface area contributed by atoms with Gasteiger partial charge in [-0.1, -0.05) is 54.6 Å². The number of quaternary nitrogens is 1. The number of rotatable bonds is 5. The number of aliphatic hydroxyl groups is 1. The van der Waals surface area contributed by atoms with E-state index in [-0.39, 0.29) is 30.2 Å². The van der Waals surface area contributed by atoms with Gasteiger partial charge in [0.05, 0.1) is 12.5 Å². The normalized spacial score (nSPS) is 19.1. The molecule has 3 nitrogen and oxygen atoms in total. The maximum atomic E-state index is 12.6. The number of hydrogen-bond donors (Lipinski definition) is 2. The molecular formula is C20H24ClNO2. The first-order chi connectivity index (χ1) is 11.2. The van der Waals surface area contributed by atoms with Crippen molar-refractivity contribution in [1.29, 1.82) is 0 Å². The van der Waals surface area contributed by atoms with E-state index >= 15 is 0 Å². The summed E-state index contributed by atoms with van der Waals surface area (Å²) in [5.41, 5.74) is 2.98. The number of benzene rings is 2. The maximum Gasteiger partial charge on any atom is 0.171 e. The summed E-state index contributed by atoms with van der Waals surface area (Å²) < 4.78 is 0. The Bertz CT molecular complexity index is 674. The minimum absolute atomic E-state index is 0. The second kappa shape index (κ2) is 8.43. The van der Waals surface area contributed by atoms with E-state index in [0.717, 1.165) is 30.5 Å². The van der Waals surface area contributed by atoms with Crippen LogP contribution < -0.4 is 17.7 Å². The van der Waals surface area contributed by atoms with Crippen molar-refractivity contribution in [3.8, 4) is 0 Å². The van der Waals surface area contributed by atoms with Crippen molar-refractivity contribution < 1.29 is 27.6 Å². The zero-order valence-corrected chi connectivity index (χ0v) is 14.6. The molecule has 0 amide bonds. The predicted octanol–water partition coefficient (Wildman–Crippen LogP) is -0.879. The zero-order valence-electron chi connectivity index (χ0n) is 13.9. The second-order valence-corrected chi connectivity index (χ2v) is 6.44. The van der Waals surface area contributed by atoms with Crippen LogP contribution in [0.2, 0.25) is 0 Å². The lowest BCUT2D eigenvalue weighted by Crippen LogP contribution is -3.00. The molecule has 2 aromatic rings. The number of halogens is 1. The highest BCUT2D eigenvalue weighted by Crippen LogP contribution is 2.24. The Morgan fingerprint density at radius 1 is 1.12 bits per heavy atom. The number of fused-ring (bicyclic) bond motifs is 1. The van der Waals surface area contributed by atoms with Crippen LogP contribution in [0.5, 0.6) is 0 Å². The molecule has 0 heterocycles. The van der Waals surface area contributed by atoms with Crippen LogP contribution in [-0.4, -0.2) is 23.5 Å². The van der Waals surface area contributed by atoms with E-state index in [4.69, 9.17) is 0 Å². The van der Waals surface area contributed by atoms with Crippen LogP contribution in [0, 0.1) is 5.92 Å². The van der Waals surface area contributed by atoms with Gasteiger partial charge < -0.3 is 22.8 Å². The average Bonchev–Trinajstić information content (AvgIpc) is 2.61. The molecule has 0 aromatic heterocycles. The van der Waals surface area contributed by atoms with Gasteiger partial charge in [0.25, 0.3) is 0 Å². The quantitative estimate of drug-likeness (QED) is 0.739. The third-order valence-corrected chi connectivity index (χ3v) is 4.85. The van der Waals surface area contributed by atoms with Gasteiger partial charge in [-0.3, -0.25) is 4.79 Å². The van der Waals surface area contributed by atoms with E-state index < -0.39 is 6.10 Å². The predicted molar refractivity (Wildman–Crippen MR) is 90.2 cm³/mol.